The van der Waals surface area contributed by atoms with Crippen molar-refractivity contribution in [1.82, 2.24) is 0 Å². The fourth-order valence-electron chi connectivity index (χ4n) is 1.51. The number of hydrogen-bond donors (Lipinski definition) is 1. The maximum atomic E-state index is 12.8. The average molecular weight is 185 g/mol. The highest BCUT2D eigenvalue weighted by Crippen LogP contribution is 2.53. The van der Waals surface area contributed by atoms with E-state index in [1.807, 2.05) is 0 Å². The Morgan fingerprint density at radius 1 is 1.33 bits per heavy atom. The van der Waals surface area contributed by atoms with Crippen LogP contribution in [-0.4, -0.2) is 18.9 Å². The standard InChI is InChI=1S/C7H11F4N/c8-5(9)7(10,11)6(4-12)2-1-3-6/h5H,1-4,12H2. The lowest BCUT2D eigenvalue weighted by Crippen LogP contribution is -2.55. The molecule has 0 saturated heterocycles. The van der Waals surface area contributed by atoms with Crippen molar-refractivity contribution in [2.45, 2.75) is 31.6 Å². The van der Waals surface area contributed by atoms with Crippen LogP contribution in [0.3, 0.4) is 0 Å². The molecule has 0 aromatic heterocycles. The maximum absolute atomic E-state index is 12.8. The zero-order valence-corrected chi connectivity index (χ0v) is 6.49. The zero-order chi connectivity index (χ0) is 9.41. The van der Waals surface area contributed by atoms with Gasteiger partial charge in [-0.1, -0.05) is 6.42 Å². The van der Waals surface area contributed by atoms with Crippen molar-refractivity contribution in [1.29, 1.82) is 0 Å². The summed E-state index contributed by atoms with van der Waals surface area (Å²) in [7, 11) is 0. The highest BCUT2D eigenvalue weighted by atomic mass is 19.3. The summed E-state index contributed by atoms with van der Waals surface area (Å²) >= 11 is 0. The summed E-state index contributed by atoms with van der Waals surface area (Å²) in [5.41, 5.74) is 3.46. The van der Waals surface area contributed by atoms with E-state index in [4.69, 9.17) is 5.73 Å². The van der Waals surface area contributed by atoms with Crippen molar-refractivity contribution in [3.63, 3.8) is 0 Å². The van der Waals surface area contributed by atoms with Crippen LogP contribution in [0.15, 0.2) is 0 Å². The highest BCUT2D eigenvalue weighted by Gasteiger charge is 2.61. The van der Waals surface area contributed by atoms with E-state index in [-0.39, 0.29) is 19.4 Å². The van der Waals surface area contributed by atoms with Gasteiger partial charge in [0.25, 0.3) is 0 Å². The Labute approximate surface area is 67.9 Å². The first-order valence-electron chi connectivity index (χ1n) is 3.82. The summed E-state index contributed by atoms with van der Waals surface area (Å²) in [5, 5.41) is 0. The molecular weight excluding hydrogens is 174 g/mol. The number of halogens is 4. The van der Waals surface area contributed by atoms with Gasteiger partial charge in [-0.25, -0.2) is 8.78 Å². The molecule has 0 aromatic carbocycles. The lowest BCUT2D eigenvalue weighted by molar-refractivity contribution is -0.229. The molecule has 0 heterocycles. The first kappa shape index (κ1) is 9.77. The van der Waals surface area contributed by atoms with Crippen LogP contribution in [0.25, 0.3) is 0 Å². The van der Waals surface area contributed by atoms with Gasteiger partial charge in [0.05, 0.1) is 5.41 Å². The van der Waals surface area contributed by atoms with Crippen molar-refractivity contribution in [2.24, 2.45) is 11.1 Å². The van der Waals surface area contributed by atoms with E-state index >= 15 is 0 Å². The van der Waals surface area contributed by atoms with E-state index in [0.717, 1.165) is 0 Å². The summed E-state index contributed by atoms with van der Waals surface area (Å²) in [6.07, 6.45) is -2.80. The Morgan fingerprint density at radius 3 is 1.92 bits per heavy atom. The summed E-state index contributed by atoms with van der Waals surface area (Å²) in [6, 6.07) is 0. The minimum atomic E-state index is -3.92. The smallest absolute Gasteiger partial charge is 0.314 e. The van der Waals surface area contributed by atoms with Crippen LogP contribution >= 0.6 is 0 Å². The predicted molar refractivity (Wildman–Crippen MR) is 36.3 cm³/mol. The minimum Gasteiger partial charge on any atom is -0.330 e. The van der Waals surface area contributed by atoms with Crippen LogP contribution < -0.4 is 5.73 Å². The van der Waals surface area contributed by atoms with Crippen LogP contribution in [-0.2, 0) is 0 Å². The quantitative estimate of drug-likeness (QED) is 0.669. The molecule has 0 bridgehead atoms. The number of alkyl halides is 4. The Hall–Kier alpha value is -0.320. The molecule has 5 heteroatoms. The van der Waals surface area contributed by atoms with Gasteiger partial charge < -0.3 is 5.73 Å². The van der Waals surface area contributed by atoms with Crippen molar-refractivity contribution in [3.05, 3.63) is 0 Å². The minimum absolute atomic E-state index is 0.112. The summed E-state index contributed by atoms with van der Waals surface area (Å²) in [6.45, 7) is -0.357. The molecule has 12 heavy (non-hydrogen) atoms. The van der Waals surface area contributed by atoms with Gasteiger partial charge in [0.15, 0.2) is 0 Å². The van der Waals surface area contributed by atoms with Gasteiger partial charge in [0.2, 0.25) is 0 Å². The first-order valence-corrected chi connectivity index (χ1v) is 3.82. The lowest BCUT2D eigenvalue weighted by Gasteiger charge is -2.45. The van der Waals surface area contributed by atoms with E-state index in [1.54, 1.807) is 0 Å². The third kappa shape index (κ3) is 1.11. The van der Waals surface area contributed by atoms with Crippen molar-refractivity contribution >= 4 is 0 Å². The molecule has 1 aliphatic rings. The van der Waals surface area contributed by atoms with Gasteiger partial charge in [0, 0.05) is 6.54 Å². The molecule has 1 saturated carbocycles. The molecule has 0 atom stereocenters. The van der Waals surface area contributed by atoms with E-state index in [2.05, 4.69) is 0 Å². The molecule has 0 spiro atoms. The average Bonchev–Trinajstić information content (AvgIpc) is 1.85. The third-order valence-corrected chi connectivity index (χ3v) is 2.68. The molecule has 0 unspecified atom stereocenters. The SMILES string of the molecule is NCC1(C(F)(F)C(F)F)CCC1. The van der Waals surface area contributed by atoms with Gasteiger partial charge >= 0.3 is 12.3 Å². The summed E-state index contributed by atoms with van der Waals surface area (Å²) in [5.74, 6) is -3.92. The molecule has 1 rings (SSSR count). The third-order valence-electron chi connectivity index (χ3n) is 2.68. The molecule has 0 aromatic rings. The van der Waals surface area contributed by atoms with Gasteiger partial charge in [-0.15, -0.1) is 0 Å². The van der Waals surface area contributed by atoms with Crippen LogP contribution in [0.4, 0.5) is 17.6 Å². The number of nitrogens with two attached hydrogens (primary N) is 1. The van der Waals surface area contributed by atoms with E-state index in [1.165, 1.54) is 0 Å². The van der Waals surface area contributed by atoms with Crippen LogP contribution in [0, 0.1) is 5.41 Å². The highest BCUT2D eigenvalue weighted by molar-refractivity contribution is 5.00. The molecule has 1 aliphatic carbocycles. The molecule has 0 amide bonds. The molecule has 0 radical (unpaired) electrons. The molecule has 1 fully saturated rings. The largest absolute Gasteiger partial charge is 0.330 e. The second-order valence-corrected chi connectivity index (χ2v) is 3.26. The number of rotatable bonds is 3. The predicted octanol–water partition coefficient (Wildman–Crippen LogP) is 2.02. The lowest BCUT2D eigenvalue weighted by atomic mass is 9.64. The Morgan fingerprint density at radius 2 is 1.83 bits per heavy atom. The zero-order valence-electron chi connectivity index (χ0n) is 6.49. The van der Waals surface area contributed by atoms with Gasteiger partial charge in [-0.05, 0) is 12.8 Å². The van der Waals surface area contributed by atoms with Crippen molar-refractivity contribution in [2.75, 3.05) is 6.54 Å². The molecule has 72 valence electrons. The van der Waals surface area contributed by atoms with Crippen molar-refractivity contribution < 1.29 is 17.6 Å². The maximum Gasteiger partial charge on any atom is 0.314 e. The molecular formula is C7H11F4N. The normalized spacial score (nSPS) is 22.5. The Balaban J connectivity index is 2.77. The van der Waals surface area contributed by atoms with Gasteiger partial charge in [-0.3, -0.25) is 0 Å². The van der Waals surface area contributed by atoms with Crippen LogP contribution in [0.2, 0.25) is 0 Å². The molecule has 2 N–H and O–H groups in total. The van der Waals surface area contributed by atoms with Gasteiger partial charge in [-0.2, -0.15) is 8.78 Å². The fraction of sp³-hybridized carbons (Fsp3) is 1.00. The van der Waals surface area contributed by atoms with Crippen LogP contribution in [0.1, 0.15) is 19.3 Å². The molecule has 0 aliphatic heterocycles. The topological polar surface area (TPSA) is 26.0 Å². The Bertz CT molecular complexity index is 159. The fourth-order valence-corrected chi connectivity index (χ4v) is 1.51. The van der Waals surface area contributed by atoms with Gasteiger partial charge in [0.1, 0.15) is 0 Å². The van der Waals surface area contributed by atoms with E-state index in [0.29, 0.717) is 6.42 Å². The first-order chi connectivity index (χ1) is 5.46. The van der Waals surface area contributed by atoms with E-state index < -0.39 is 17.8 Å². The summed E-state index contributed by atoms with van der Waals surface area (Å²) in [4.78, 5) is 0. The number of hydrogen-bond acceptors (Lipinski definition) is 1. The van der Waals surface area contributed by atoms with Crippen molar-refractivity contribution in [3.8, 4) is 0 Å². The second-order valence-electron chi connectivity index (χ2n) is 3.26. The monoisotopic (exact) mass is 185 g/mol. The van der Waals surface area contributed by atoms with Crippen LogP contribution in [0.5, 0.6) is 0 Å². The Kier molecular flexibility index (Phi) is 2.33. The summed E-state index contributed by atoms with van der Waals surface area (Å²) < 4.78 is 49.5. The van der Waals surface area contributed by atoms with E-state index in [9.17, 15) is 17.6 Å². The molecule has 1 nitrogen and oxygen atoms in total. The second kappa shape index (κ2) is 2.87.